The molecule has 0 aliphatic carbocycles. The van der Waals surface area contributed by atoms with Crippen molar-refractivity contribution in [2.75, 3.05) is 0 Å². The van der Waals surface area contributed by atoms with Crippen LogP contribution in [-0.2, 0) is 12.8 Å². The predicted molar refractivity (Wildman–Crippen MR) is 84.5 cm³/mol. The van der Waals surface area contributed by atoms with Crippen LogP contribution in [0.2, 0.25) is 0 Å². The molecule has 0 fully saturated rings. The highest BCUT2D eigenvalue weighted by molar-refractivity contribution is 5.19. The highest BCUT2D eigenvalue weighted by atomic mass is 14.6. The Balaban J connectivity index is 0.000000205. The van der Waals surface area contributed by atoms with E-state index in [2.05, 4.69) is 65.6 Å². The lowest BCUT2D eigenvalue weighted by Crippen LogP contribution is -1.89. The predicted octanol–water partition coefficient (Wildman–Crippen LogP) is 4.55. The molecule has 0 spiro atoms. The third-order valence-electron chi connectivity index (χ3n) is 2.95. The van der Waals surface area contributed by atoms with Crippen LogP contribution in [0.15, 0.2) is 91.3 Å². The van der Waals surface area contributed by atoms with Crippen LogP contribution in [0.5, 0.6) is 0 Å². The quantitative estimate of drug-likeness (QED) is 0.674. The number of aryl methyl sites for hydroxylation is 2. The molecule has 3 rings (SSSR count). The number of pyridine rings is 1. The number of hydrogen-bond donors (Lipinski definition) is 0. The van der Waals surface area contributed by atoms with E-state index in [0.29, 0.717) is 0 Å². The molecule has 3 aromatic rings. The van der Waals surface area contributed by atoms with Crippen molar-refractivity contribution in [3.05, 3.63) is 102 Å². The summed E-state index contributed by atoms with van der Waals surface area (Å²) in [6, 6.07) is 27.0. The summed E-state index contributed by atoms with van der Waals surface area (Å²) in [5, 5.41) is 0. The van der Waals surface area contributed by atoms with Gasteiger partial charge in [0.2, 0.25) is 0 Å². The summed E-state index contributed by atoms with van der Waals surface area (Å²) in [4.78, 5) is 3.78. The van der Waals surface area contributed by atoms with Gasteiger partial charge in [-0.25, -0.2) is 0 Å². The molecule has 0 amide bonds. The van der Waals surface area contributed by atoms with Crippen molar-refractivity contribution < 1.29 is 0 Å². The van der Waals surface area contributed by atoms with E-state index in [0.717, 1.165) is 12.8 Å². The van der Waals surface area contributed by atoms with Crippen molar-refractivity contribution in [3.63, 3.8) is 0 Å². The average molecular weight is 261 g/mol. The molecule has 0 atom stereocenters. The van der Waals surface area contributed by atoms with Gasteiger partial charge in [-0.1, -0.05) is 66.7 Å². The Hall–Kier alpha value is -2.41. The van der Waals surface area contributed by atoms with Crippen LogP contribution in [0.4, 0.5) is 0 Å². The normalized spacial score (nSPS) is 9.40. The maximum Gasteiger partial charge on any atom is 0.0267 e. The third-order valence-corrected chi connectivity index (χ3v) is 2.95. The molecular formula is C19H19N. The summed E-state index contributed by atoms with van der Waals surface area (Å²) in [6.45, 7) is 0. The first-order valence-corrected chi connectivity index (χ1v) is 6.88. The van der Waals surface area contributed by atoms with Crippen molar-refractivity contribution in [2.45, 2.75) is 12.8 Å². The lowest BCUT2D eigenvalue weighted by Gasteiger charge is -2.01. The number of nitrogens with zero attached hydrogens (tertiary/aromatic N) is 1. The Morgan fingerprint density at radius 2 is 0.900 bits per heavy atom. The van der Waals surface area contributed by atoms with Crippen LogP contribution in [-0.4, -0.2) is 4.98 Å². The minimum atomic E-state index is 1.13. The molecule has 1 heterocycles. The summed E-state index contributed by atoms with van der Waals surface area (Å²) in [5.74, 6) is 0. The van der Waals surface area contributed by atoms with Gasteiger partial charge in [0, 0.05) is 12.4 Å². The van der Waals surface area contributed by atoms with Gasteiger partial charge in [-0.3, -0.25) is 4.98 Å². The Labute approximate surface area is 121 Å². The second kappa shape index (κ2) is 8.65. The number of hydrogen-bond acceptors (Lipinski definition) is 1. The summed E-state index contributed by atoms with van der Waals surface area (Å²) in [6.07, 6.45) is 5.76. The zero-order valence-electron chi connectivity index (χ0n) is 11.5. The molecule has 0 bridgehead atoms. The number of rotatable bonds is 3. The SMILES string of the molecule is c1ccc(CCc2ccccc2)cc1.c1ccncc1. The summed E-state index contributed by atoms with van der Waals surface area (Å²) in [7, 11) is 0. The lowest BCUT2D eigenvalue weighted by atomic mass is 10.0. The van der Waals surface area contributed by atoms with Crippen LogP contribution >= 0.6 is 0 Å². The van der Waals surface area contributed by atoms with E-state index in [1.165, 1.54) is 11.1 Å². The first kappa shape index (κ1) is 14.0. The van der Waals surface area contributed by atoms with Crippen LogP contribution in [0, 0.1) is 0 Å². The van der Waals surface area contributed by atoms with E-state index >= 15 is 0 Å². The van der Waals surface area contributed by atoms with Gasteiger partial charge in [0.05, 0.1) is 0 Å². The fraction of sp³-hybridized carbons (Fsp3) is 0.105. The fourth-order valence-corrected chi connectivity index (χ4v) is 1.89. The molecule has 0 saturated heterocycles. The van der Waals surface area contributed by atoms with Crippen LogP contribution in [0.3, 0.4) is 0 Å². The van der Waals surface area contributed by atoms with Crippen LogP contribution in [0.25, 0.3) is 0 Å². The maximum absolute atomic E-state index is 3.78. The third kappa shape index (κ3) is 5.49. The van der Waals surface area contributed by atoms with E-state index < -0.39 is 0 Å². The van der Waals surface area contributed by atoms with Crippen LogP contribution < -0.4 is 0 Å². The average Bonchev–Trinajstić information content (AvgIpc) is 2.57. The van der Waals surface area contributed by atoms with E-state index in [1.54, 1.807) is 12.4 Å². The van der Waals surface area contributed by atoms with Crippen molar-refractivity contribution >= 4 is 0 Å². The second-order valence-corrected chi connectivity index (χ2v) is 4.50. The van der Waals surface area contributed by atoms with Crippen molar-refractivity contribution in [2.24, 2.45) is 0 Å². The minimum absolute atomic E-state index is 1.13. The van der Waals surface area contributed by atoms with Gasteiger partial charge in [-0.15, -0.1) is 0 Å². The van der Waals surface area contributed by atoms with Gasteiger partial charge in [-0.05, 0) is 36.1 Å². The zero-order valence-corrected chi connectivity index (χ0v) is 11.5. The van der Waals surface area contributed by atoms with E-state index in [9.17, 15) is 0 Å². The molecule has 1 aromatic heterocycles. The van der Waals surface area contributed by atoms with Gasteiger partial charge in [0.1, 0.15) is 0 Å². The van der Waals surface area contributed by atoms with Gasteiger partial charge >= 0.3 is 0 Å². The number of aromatic nitrogens is 1. The van der Waals surface area contributed by atoms with Gasteiger partial charge in [-0.2, -0.15) is 0 Å². The molecule has 0 saturated carbocycles. The molecule has 1 heteroatoms. The number of benzene rings is 2. The standard InChI is InChI=1S/C14H14.C5H5N/c1-3-7-13(8-4-1)11-12-14-9-5-2-6-10-14;1-2-4-6-5-3-1/h1-10H,11-12H2;1-5H. The fourth-order valence-electron chi connectivity index (χ4n) is 1.89. The van der Waals surface area contributed by atoms with E-state index in [-0.39, 0.29) is 0 Å². The molecule has 2 aromatic carbocycles. The Morgan fingerprint density at radius 3 is 1.20 bits per heavy atom. The van der Waals surface area contributed by atoms with Crippen molar-refractivity contribution in [1.29, 1.82) is 0 Å². The summed E-state index contributed by atoms with van der Waals surface area (Å²) >= 11 is 0. The highest BCUT2D eigenvalue weighted by Gasteiger charge is 1.93. The Kier molecular flexibility index (Phi) is 6.06. The monoisotopic (exact) mass is 261 g/mol. The molecule has 0 radical (unpaired) electrons. The van der Waals surface area contributed by atoms with Gasteiger partial charge in [0.25, 0.3) is 0 Å². The molecule has 1 nitrogen and oxygen atoms in total. The highest BCUT2D eigenvalue weighted by Crippen LogP contribution is 2.06. The lowest BCUT2D eigenvalue weighted by molar-refractivity contribution is 0.960. The first-order chi connectivity index (χ1) is 9.95. The van der Waals surface area contributed by atoms with Crippen molar-refractivity contribution in [1.82, 2.24) is 4.98 Å². The molecular weight excluding hydrogens is 242 g/mol. The summed E-state index contributed by atoms with van der Waals surface area (Å²) < 4.78 is 0. The first-order valence-electron chi connectivity index (χ1n) is 6.88. The van der Waals surface area contributed by atoms with Crippen LogP contribution in [0.1, 0.15) is 11.1 Å². The van der Waals surface area contributed by atoms with Gasteiger partial charge in [0.15, 0.2) is 0 Å². The van der Waals surface area contributed by atoms with Crippen molar-refractivity contribution in [3.8, 4) is 0 Å². The summed E-state index contributed by atoms with van der Waals surface area (Å²) in [5.41, 5.74) is 2.83. The molecule has 0 N–H and O–H groups in total. The largest absolute Gasteiger partial charge is 0.265 e. The molecule has 100 valence electrons. The van der Waals surface area contributed by atoms with Gasteiger partial charge < -0.3 is 0 Å². The molecule has 20 heavy (non-hydrogen) atoms. The maximum atomic E-state index is 3.78. The minimum Gasteiger partial charge on any atom is -0.265 e. The Bertz CT molecular complexity index is 495. The molecule has 0 unspecified atom stereocenters. The van der Waals surface area contributed by atoms with E-state index in [4.69, 9.17) is 0 Å². The second-order valence-electron chi connectivity index (χ2n) is 4.50. The topological polar surface area (TPSA) is 12.9 Å². The smallest absolute Gasteiger partial charge is 0.0267 e. The Morgan fingerprint density at radius 1 is 0.500 bits per heavy atom. The molecule has 0 aliphatic rings. The van der Waals surface area contributed by atoms with E-state index in [1.807, 2.05) is 18.2 Å². The molecule has 0 aliphatic heterocycles. The zero-order chi connectivity index (χ0) is 13.9.